The second-order valence-corrected chi connectivity index (χ2v) is 16.2. The first-order valence-electron chi connectivity index (χ1n) is 11.5. The molecule has 2 aliphatic carbocycles. The van der Waals surface area contributed by atoms with Gasteiger partial charge >= 0.3 is 113 Å². The van der Waals surface area contributed by atoms with Crippen LogP contribution in [0, 0.1) is 0 Å². The summed E-state index contributed by atoms with van der Waals surface area (Å²) in [6, 6.07) is 21.2. The van der Waals surface area contributed by atoms with E-state index >= 15 is 0 Å². The Morgan fingerprint density at radius 2 is 1.32 bits per heavy atom. The summed E-state index contributed by atoms with van der Waals surface area (Å²) in [6.45, 7) is 11.7. The van der Waals surface area contributed by atoms with Crippen molar-refractivity contribution in [2.45, 2.75) is 60.3 Å². The Hall–Kier alpha value is -1.85. The van der Waals surface area contributed by atoms with Crippen LogP contribution in [0.1, 0.15) is 58.6 Å². The molecular weight excluding hydrogens is 452 g/mol. The summed E-state index contributed by atoms with van der Waals surface area (Å²) < 4.78 is 5.32. The van der Waals surface area contributed by atoms with Crippen molar-refractivity contribution in [1.82, 2.24) is 0 Å². The van der Waals surface area contributed by atoms with Gasteiger partial charge in [0.2, 0.25) is 0 Å². The summed E-state index contributed by atoms with van der Waals surface area (Å²) in [5.74, 6) is 0. The van der Waals surface area contributed by atoms with Gasteiger partial charge in [-0.1, -0.05) is 60.7 Å². The smallest absolute Gasteiger partial charge is 0.0238 e. The summed E-state index contributed by atoms with van der Waals surface area (Å²) in [6.07, 6.45) is 11.7. The molecule has 2 aromatic carbocycles. The van der Waals surface area contributed by atoms with Gasteiger partial charge in [0.1, 0.15) is 0 Å². The van der Waals surface area contributed by atoms with Crippen molar-refractivity contribution >= 4 is 3.21 Å². The van der Waals surface area contributed by atoms with E-state index in [0.717, 1.165) is 12.8 Å². The quantitative estimate of drug-likeness (QED) is 0.399. The Labute approximate surface area is 197 Å². The molecule has 4 rings (SSSR count). The van der Waals surface area contributed by atoms with Crippen molar-refractivity contribution in [3.05, 3.63) is 113 Å². The number of hydrogen-bond donors (Lipinski definition) is 0. The molecule has 0 radical (unpaired) electrons. The van der Waals surface area contributed by atoms with Crippen LogP contribution in [0.15, 0.2) is 102 Å². The van der Waals surface area contributed by atoms with Crippen molar-refractivity contribution < 1.29 is 21.3 Å². The third kappa shape index (κ3) is 6.57. The van der Waals surface area contributed by atoms with E-state index in [1.54, 1.807) is 23.2 Å². The minimum atomic E-state index is -1.64. The van der Waals surface area contributed by atoms with E-state index in [0.29, 0.717) is 0 Å². The molecule has 0 aliphatic heterocycles. The molecule has 1 heteroatoms. The Morgan fingerprint density at radius 3 is 1.71 bits per heavy atom. The summed E-state index contributed by atoms with van der Waals surface area (Å²) in [5, 5.41) is 0. The zero-order chi connectivity index (χ0) is 22.2. The predicted octanol–water partition coefficient (Wildman–Crippen LogP) is 8.15. The van der Waals surface area contributed by atoms with Gasteiger partial charge in [-0.25, -0.2) is 0 Å². The fourth-order valence-corrected chi connectivity index (χ4v) is 12.3. The van der Waals surface area contributed by atoms with Crippen LogP contribution in [0.3, 0.4) is 0 Å². The van der Waals surface area contributed by atoms with Crippen LogP contribution in [0.2, 0.25) is 0 Å². The van der Waals surface area contributed by atoms with Gasteiger partial charge in [0.05, 0.1) is 0 Å². The molecule has 0 amide bonds. The molecule has 0 aromatic heterocycles. The molecule has 0 heterocycles. The first kappa shape index (κ1) is 23.8. The molecule has 0 saturated heterocycles. The topological polar surface area (TPSA) is 0 Å². The Balaban J connectivity index is 0.000000179. The van der Waals surface area contributed by atoms with Crippen LogP contribution >= 0.6 is 0 Å². The first-order chi connectivity index (χ1) is 15.0. The molecule has 160 valence electrons. The monoisotopic (exact) mass is 486 g/mol. The van der Waals surface area contributed by atoms with Crippen molar-refractivity contribution in [3.8, 4) is 0 Å². The Morgan fingerprint density at radius 1 is 0.774 bits per heavy atom. The standard InChI is InChI=1S/C14H14.C8H11.C5H5.C3H6.Zr/c1-3-7-13(8-4-1)11-12-14-9-5-2-6-10-14;1-6-4-5-7(2)8(6)3;1-2-4-5-3-1;1-3-2;/h1-10H,11-12H2;4H2,1-3H3;1-3H,4H2;1-2H3;. The van der Waals surface area contributed by atoms with E-state index in [1.165, 1.54) is 24.0 Å². The minimum absolute atomic E-state index is 1.13. The minimum Gasteiger partial charge on any atom is -0.0622 e. The van der Waals surface area contributed by atoms with E-state index in [1.807, 2.05) is 3.28 Å². The normalized spacial score (nSPS) is 15.1. The average molecular weight is 488 g/mol. The third-order valence-corrected chi connectivity index (χ3v) is 14.2. The van der Waals surface area contributed by atoms with Gasteiger partial charge in [-0.3, -0.25) is 0 Å². The van der Waals surface area contributed by atoms with Crippen molar-refractivity contribution in [1.29, 1.82) is 0 Å². The van der Waals surface area contributed by atoms with Gasteiger partial charge in [-0.15, -0.1) is 0 Å². The third-order valence-electron chi connectivity index (χ3n) is 6.38. The molecule has 0 saturated carbocycles. The zero-order valence-corrected chi connectivity index (χ0v) is 22.3. The average Bonchev–Trinajstić information content (AvgIpc) is 3.39. The largest absolute Gasteiger partial charge is 0.0622 e. The van der Waals surface area contributed by atoms with Crippen molar-refractivity contribution in [2.75, 3.05) is 0 Å². The molecule has 0 atom stereocenters. The van der Waals surface area contributed by atoms with Gasteiger partial charge < -0.3 is 0 Å². The number of hydrogen-bond acceptors (Lipinski definition) is 0. The maximum absolute atomic E-state index is 2.39. The second kappa shape index (κ2) is 11.7. The number of benzene rings is 2. The SMILES string of the molecule is CC1=C(C)C(C)=[C]([Zr]([C]2=CC=CC2)=[C](C)C)C1.c1ccc(CCc2ccccc2)cc1. The van der Waals surface area contributed by atoms with E-state index < -0.39 is 21.3 Å². The van der Waals surface area contributed by atoms with Gasteiger partial charge in [0, 0.05) is 0 Å². The van der Waals surface area contributed by atoms with E-state index in [9.17, 15) is 0 Å². The van der Waals surface area contributed by atoms with Crippen LogP contribution in [0.5, 0.6) is 0 Å². The molecule has 31 heavy (non-hydrogen) atoms. The molecule has 0 N–H and O–H groups in total. The van der Waals surface area contributed by atoms with Gasteiger partial charge in [0.25, 0.3) is 0 Å². The van der Waals surface area contributed by atoms with E-state index in [-0.39, 0.29) is 0 Å². The zero-order valence-electron chi connectivity index (χ0n) is 19.8. The van der Waals surface area contributed by atoms with E-state index in [2.05, 4.69) is 114 Å². The van der Waals surface area contributed by atoms with E-state index in [4.69, 9.17) is 0 Å². The molecule has 0 fully saturated rings. The molecule has 0 spiro atoms. The number of aryl methyl sites for hydroxylation is 2. The van der Waals surface area contributed by atoms with Crippen LogP contribution in [-0.4, -0.2) is 3.21 Å². The summed E-state index contributed by atoms with van der Waals surface area (Å²) in [7, 11) is 0. The maximum atomic E-state index is 2.39. The van der Waals surface area contributed by atoms with Gasteiger partial charge in [-0.05, 0) is 24.0 Å². The second-order valence-electron chi connectivity index (χ2n) is 8.86. The molecular formula is C30H36Zr. The van der Waals surface area contributed by atoms with Gasteiger partial charge in [0.15, 0.2) is 0 Å². The Kier molecular flexibility index (Phi) is 8.97. The van der Waals surface area contributed by atoms with Crippen LogP contribution < -0.4 is 0 Å². The fraction of sp³-hybridized carbons (Fsp3) is 0.300. The van der Waals surface area contributed by atoms with Crippen molar-refractivity contribution in [2.24, 2.45) is 0 Å². The maximum Gasteiger partial charge on any atom is -0.0238 e. The summed E-state index contributed by atoms with van der Waals surface area (Å²) in [4.78, 5) is 0. The predicted molar refractivity (Wildman–Crippen MR) is 134 cm³/mol. The summed E-state index contributed by atoms with van der Waals surface area (Å²) in [5.41, 5.74) is 7.60. The first-order valence-corrected chi connectivity index (χ1v) is 15.1. The molecule has 0 nitrogen and oxygen atoms in total. The summed E-state index contributed by atoms with van der Waals surface area (Å²) >= 11 is -1.64. The van der Waals surface area contributed by atoms with Gasteiger partial charge in [-0.2, -0.15) is 0 Å². The van der Waals surface area contributed by atoms with Crippen molar-refractivity contribution in [3.63, 3.8) is 0 Å². The molecule has 2 aliphatic rings. The molecule has 0 unspecified atom stereocenters. The fourth-order valence-electron chi connectivity index (χ4n) is 4.38. The molecule has 0 bridgehead atoms. The number of rotatable bonds is 5. The van der Waals surface area contributed by atoms with Crippen LogP contribution in [-0.2, 0) is 34.1 Å². The van der Waals surface area contributed by atoms with Crippen LogP contribution in [0.4, 0.5) is 0 Å². The molecule has 2 aromatic rings. The van der Waals surface area contributed by atoms with Crippen LogP contribution in [0.25, 0.3) is 0 Å². The Bertz CT molecular complexity index is 1000. The number of allylic oxidation sites excluding steroid dienone is 8.